The van der Waals surface area contributed by atoms with Crippen molar-refractivity contribution in [3.05, 3.63) is 58.7 Å². The maximum atomic E-state index is 14.1. The zero-order valence-corrected chi connectivity index (χ0v) is 19.4. The Balaban J connectivity index is 1.91. The van der Waals surface area contributed by atoms with E-state index in [1.807, 2.05) is 6.92 Å². The maximum Gasteiger partial charge on any atom is 0.254 e. The van der Waals surface area contributed by atoms with Crippen molar-refractivity contribution in [3.63, 3.8) is 0 Å². The number of methoxy groups -OCH3 is 3. The molecule has 2 aromatic rings. The van der Waals surface area contributed by atoms with E-state index < -0.39 is 11.6 Å². The van der Waals surface area contributed by atoms with Gasteiger partial charge in [-0.25, -0.2) is 8.78 Å². The minimum Gasteiger partial charge on any atom is -0.493 e. The van der Waals surface area contributed by atoms with Crippen molar-refractivity contribution in [2.45, 2.75) is 25.8 Å². The molecule has 6 nitrogen and oxygen atoms in total. The van der Waals surface area contributed by atoms with Gasteiger partial charge in [-0.2, -0.15) is 0 Å². The van der Waals surface area contributed by atoms with E-state index in [4.69, 9.17) is 14.2 Å². The Morgan fingerprint density at radius 1 is 1.12 bits per heavy atom. The van der Waals surface area contributed by atoms with E-state index in [2.05, 4.69) is 5.32 Å². The molecule has 0 radical (unpaired) electrons. The lowest BCUT2D eigenvalue weighted by Crippen LogP contribution is -2.42. The molecule has 1 saturated heterocycles. The lowest BCUT2D eigenvalue weighted by molar-refractivity contribution is 0.0756. The standard InChI is InChI=1S/C25H30F2N2O4/c1-16(10-17-7-8-19(26)13-21(17)27)14-29(15-20-6-5-9-28-20)25(30)18-11-22(31-2)24(33-4)23(12-18)32-3/h7-8,10-13,20,28H,5-6,9,14-15H2,1-4H3/t20-/m1/s1. The predicted molar refractivity (Wildman–Crippen MR) is 123 cm³/mol. The Morgan fingerprint density at radius 3 is 2.36 bits per heavy atom. The SMILES string of the molecule is COc1cc(C(=O)N(CC(C)=Cc2ccc(F)cc2F)C[C@H]2CCCN2)cc(OC)c1OC. The van der Waals surface area contributed by atoms with Gasteiger partial charge in [-0.3, -0.25) is 4.79 Å². The molecule has 0 aromatic heterocycles. The average molecular weight is 461 g/mol. The van der Waals surface area contributed by atoms with Gasteiger partial charge in [-0.15, -0.1) is 0 Å². The first-order valence-electron chi connectivity index (χ1n) is 10.8. The Bertz CT molecular complexity index is 994. The van der Waals surface area contributed by atoms with E-state index in [0.29, 0.717) is 29.4 Å². The van der Waals surface area contributed by atoms with Crippen LogP contribution in [-0.4, -0.2) is 57.8 Å². The highest BCUT2D eigenvalue weighted by Gasteiger charge is 2.25. The number of amides is 1. The summed E-state index contributed by atoms with van der Waals surface area (Å²) in [6, 6.07) is 6.86. The minimum absolute atomic E-state index is 0.173. The number of benzene rings is 2. The third-order valence-corrected chi connectivity index (χ3v) is 5.61. The lowest BCUT2D eigenvalue weighted by atomic mass is 10.1. The van der Waals surface area contributed by atoms with Gasteiger partial charge in [0.05, 0.1) is 21.3 Å². The molecular formula is C25H30F2N2O4. The molecule has 33 heavy (non-hydrogen) atoms. The van der Waals surface area contributed by atoms with Crippen molar-refractivity contribution in [1.29, 1.82) is 0 Å². The predicted octanol–water partition coefficient (Wildman–Crippen LogP) is 4.29. The van der Waals surface area contributed by atoms with E-state index >= 15 is 0 Å². The monoisotopic (exact) mass is 460 g/mol. The molecule has 8 heteroatoms. The highest BCUT2D eigenvalue weighted by atomic mass is 19.1. The summed E-state index contributed by atoms with van der Waals surface area (Å²) < 4.78 is 43.5. The summed E-state index contributed by atoms with van der Waals surface area (Å²) in [5.41, 5.74) is 1.43. The Labute approximate surface area is 193 Å². The first kappa shape index (κ1) is 24.5. The number of hydrogen-bond donors (Lipinski definition) is 1. The van der Waals surface area contributed by atoms with Gasteiger partial charge in [0.2, 0.25) is 5.75 Å². The van der Waals surface area contributed by atoms with Crippen molar-refractivity contribution in [3.8, 4) is 17.2 Å². The normalized spacial score (nSPS) is 15.9. The summed E-state index contributed by atoms with van der Waals surface area (Å²) in [7, 11) is 4.49. The summed E-state index contributed by atoms with van der Waals surface area (Å²) in [5.74, 6) is -0.304. The van der Waals surface area contributed by atoms with Gasteiger partial charge >= 0.3 is 0 Å². The summed E-state index contributed by atoms with van der Waals surface area (Å²) in [4.78, 5) is 15.3. The molecular weight excluding hydrogens is 430 g/mol. The van der Waals surface area contributed by atoms with Crippen molar-refractivity contribution >= 4 is 12.0 Å². The largest absolute Gasteiger partial charge is 0.493 e. The molecule has 0 aliphatic carbocycles. The van der Waals surface area contributed by atoms with Crippen molar-refractivity contribution in [2.75, 3.05) is 41.0 Å². The molecule has 178 valence electrons. The second-order valence-electron chi connectivity index (χ2n) is 8.05. The number of halogens is 2. The van der Waals surface area contributed by atoms with Crippen LogP contribution < -0.4 is 19.5 Å². The van der Waals surface area contributed by atoms with E-state index in [9.17, 15) is 13.6 Å². The van der Waals surface area contributed by atoms with Crippen LogP contribution in [0.3, 0.4) is 0 Å². The van der Waals surface area contributed by atoms with Gasteiger partial charge < -0.3 is 24.4 Å². The third kappa shape index (κ3) is 6.01. The summed E-state index contributed by atoms with van der Waals surface area (Å²) in [6.45, 7) is 3.50. The number of hydrogen-bond acceptors (Lipinski definition) is 5. The average Bonchev–Trinajstić information content (AvgIpc) is 3.32. The Hall–Kier alpha value is -3.13. The molecule has 1 amide bonds. The van der Waals surface area contributed by atoms with Crippen LogP contribution >= 0.6 is 0 Å². The lowest BCUT2D eigenvalue weighted by Gasteiger charge is -2.27. The van der Waals surface area contributed by atoms with Crippen LogP contribution in [0.4, 0.5) is 8.78 Å². The first-order valence-corrected chi connectivity index (χ1v) is 10.8. The maximum absolute atomic E-state index is 14.1. The van der Waals surface area contributed by atoms with Gasteiger partial charge in [-0.1, -0.05) is 11.6 Å². The number of nitrogens with one attached hydrogen (secondary N) is 1. The second-order valence-corrected chi connectivity index (χ2v) is 8.05. The van der Waals surface area contributed by atoms with Crippen molar-refractivity contribution in [1.82, 2.24) is 10.2 Å². The van der Waals surface area contributed by atoms with Crippen LogP contribution in [0, 0.1) is 11.6 Å². The Morgan fingerprint density at radius 2 is 1.82 bits per heavy atom. The quantitative estimate of drug-likeness (QED) is 0.605. The molecule has 0 spiro atoms. The van der Waals surface area contributed by atoms with Crippen molar-refractivity contribution in [2.24, 2.45) is 0 Å². The zero-order valence-electron chi connectivity index (χ0n) is 19.4. The molecule has 0 bridgehead atoms. The molecule has 3 rings (SSSR count). The molecule has 0 unspecified atom stereocenters. The molecule has 1 aliphatic heterocycles. The summed E-state index contributed by atoms with van der Waals surface area (Å²) >= 11 is 0. The fourth-order valence-corrected chi connectivity index (χ4v) is 4.02. The summed E-state index contributed by atoms with van der Waals surface area (Å²) in [5, 5.41) is 3.41. The number of rotatable bonds is 9. The van der Waals surface area contributed by atoms with Crippen LogP contribution in [0.5, 0.6) is 17.2 Å². The number of ether oxygens (including phenoxy) is 3. The van der Waals surface area contributed by atoms with Crippen molar-refractivity contribution < 1.29 is 27.8 Å². The number of nitrogens with zero attached hydrogens (tertiary/aromatic N) is 1. The van der Waals surface area contributed by atoms with Crippen LogP contribution in [0.2, 0.25) is 0 Å². The summed E-state index contributed by atoms with van der Waals surface area (Å²) in [6.07, 6.45) is 3.65. The van der Waals surface area contributed by atoms with Crippen LogP contribution in [0.15, 0.2) is 35.9 Å². The molecule has 0 saturated carbocycles. The van der Waals surface area contributed by atoms with E-state index in [-0.39, 0.29) is 24.1 Å². The van der Waals surface area contributed by atoms with Crippen LogP contribution in [0.25, 0.3) is 6.08 Å². The van der Waals surface area contributed by atoms with Gasteiger partial charge in [0.15, 0.2) is 11.5 Å². The molecule has 1 aliphatic rings. The minimum atomic E-state index is -0.644. The number of carbonyl (C=O) groups excluding carboxylic acids is 1. The molecule has 2 aromatic carbocycles. The third-order valence-electron chi connectivity index (χ3n) is 5.61. The smallest absolute Gasteiger partial charge is 0.254 e. The van der Waals surface area contributed by atoms with E-state index in [0.717, 1.165) is 31.0 Å². The van der Waals surface area contributed by atoms with E-state index in [1.165, 1.54) is 33.5 Å². The fourth-order valence-electron chi connectivity index (χ4n) is 4.02. The van der Waals surface area contributed by atoms with Gasteiger partial charge in [0, 0.05) is 36.3 Å². The zero-order chi connectivity index (χ0) is 24.0. The van der Waals surface area contributed by atoms with Gasteiger partial charge in [0.25, 0.3) is 5.91 Å². The first-order chi connectivity index (χ1) is 15.9. The highest BCUT2D eigenvalue weighted by molar-refractivity contribution is 5.96. The topological polar surface area (TPSA) is 60.0 Å². The van der Waals surface area contributed by atoms with Gasteiger partial charge in [0.1, 0.15) is 11.6 Å². The number of carbonyl (C=O) groups is 1. The van der Waals surface area contributed by atoms with E-state index in [1.54, 1.807) is 23.1 Å². The molecule has 1 N–H and O–H groups in total. The molecule has 1 heterocycles. The Kier molecular flexibility index (Phi) is 8.27. The molecule has 1 fully saturated rings. The highest BCUT2D eigenvalue weighted by Crippen LogP contribution is 2.38. The fraction of sp³-hybridized carbons (Fsp3) is 0.400. The van der Waals surface area contributed by atoms with Crippen LogP contribution in [-0.2, 0) is 0 Å². The molecule has 1 atom stereocenters. The van der Waals surface area contributed by atoms with Gasteiger partial charge in [-0.05, 0) is 50.6 Å². The van der Waals surface area contributed by atoms with Crippen LogP contribution in [0.1, 0.15) is 35.7 Å². The second kappa shape index (κ2) is 11.1.